The first-order valence-electron chi connectivity index (χ1n) is 9.17. The van der Waals surface area contributed by atoms with E-state index in [1.165, 1.54) is 0 Å². The number of rotatable bonds is 8. The zero-order valence-corrected chi connectivity index (χ0v) is 18.1. The Labute approximate surface area is 186 Å². The Bertz CT molecular complexity index is 1020. The Morgan fingerprint density at radius 3 is 2.67 bits per heavy atom. The average molecular weight is 493 g/mol. The minimum absolute atomic E-state index is 0.253. The van der Waals surface area contributed by atoms with Crippen LogP contribution in [0.5, 0.6) is 0 Å². The van der Waals surface area contributed by atoms with Gasteiger partial charge in [-0.3, -0.25) is 4.79 Å². The fraction of sp³-hybridized carbons (Fsp3) is 0.190. The maximum Gasteiger partial charge on any atom is 0.404 e. The highest BCUT2D eigenvalue weighted by molar-refractivity contribution is 9.10. The van der Waals surface area contributed by atoms with Gasteiger partial charge in [0, 0.05) is 27.2 Å². The van der Waals surface area contributed by atoms with E-state index in [1.54, 1.807) is 36.5 Å². The number of oxazole rings is 1. The van der Waals surface area contributed by atoms with Crippen molar-refractivity contribution >= 4 is 39.5 Å². The molecule has 1 aromatic heterocycles. The van der Waals surface area contributed by atoms with Gasteiger partial charge in [-0.15, -0.1) is 0 Å². The summed E-state index contributed by atoms with van der Waals surface area (Å²) in [7, 11) is 0. The molecule has 1 unspecified atom stereocenters. The normalized spacial score (nSPS) is 11.7. The Morgan fingerprint density at radius 1 is 1.20 bits per heavy atom. The molecule has 30 heavy (non-hydrogen) atoms. The van der Waals surface area contributed by atoms with Crippen LogP contribution in [0.25, 0.3) is 11.3 Å². The molecule has 3 rings (SSSR count). The van der Waals surface area contributed by atoms with Gasteiger partial charge in [0.1, 0.15) is 6.04 Å². The van der Waals surface area contributed by atoms with Crippen LogP contribution < -0.4 is 10.6 Å². The van der Waals surface area contributed by atoms with Crippen LogP contribution in [0.1, 0.15) is 35.1 Å². The minimum Gasteiger partial charge on any atom is -0.465 e. The molecule has 1 heterocycles. The number of amides is 2. The molecule has 0 aliphatic carbocycles. The molecule has 156 valence electrons. The predicted molar refractivity (Wildman–Crippen MR) is 117 cm³/mol. The highest BCUT2D eigenvalue weighted by Gasteiger charge is 2.21. The summed E-state index contributed by atoms with van der Waals surface area (Å²) < 4.78 is 6.69. The molecule has 1 atom stereocenters. The van der Waals surface area contributed by atoms with Crippen LogP contribution in [-0.2, 0) is 0 Å². The zero-order valence-electron chi connectivity index (χ0n) is 15.8. The Balaban J connectivity index is 1.77. The number of hydrogen-bond acceptors (Lipinski definition) is 4. The van der Waals surface area contributed by atoms with E-state index < -0.39 is 12.1 Å². The zero-order chi connectivity index (χ0) is 21.5. The quantitative estimate of drug-likeness (QED) is 0.371. The van der Waals surface area contributed by atoms with Gasteiger partial charge in [0.05, 0.1) is 6.20 Å². The van der Waals surface area contributed by atoms with Crippen LogP contribution >= 0.6 is 27.5 Å². The fourth-order valence-corrected chi connectivity index (χ4v) is 3.35. The van der Waals surface area contributed by atoms with Crippen molar-refractivity contribution in [2.75, 3.05) is 6.54 Å². The second kappa shape index (κ2) is 10.3. The number of carbonyl (C=O) groups excluding carboxylic acids is 1. The summed E-state index contributed by atoms with van der Waals surface area (Å²) in [6.07, 6.45) is 1.44. The van der Waals surface area contributed by atoms with Gasteiger partial charge in [0.15, 0.2) is 5.76 Å². The number of carbonyl (C=O) groups is 2. The second-order valence-corrected chi connectivity index (χ2v) is 7.83. The summed E-state index contributed by atoms with van der Waals surface area (Å²) in [6.45, 7) is 0.253. The third-order valence-corrected chi connectivity index (χ3v) is 5.03. The summed E-state index contributed by atoms with van der Waals surface area (Å²) in [5.41, 5.74) is 1.30. The first-order valence-corrected chi connectivity index (χ1v) is 10.3. The van der Waals surface area contributed by atoms with Crippen LogP contribution in [0.3, 0.4) is 0 Å². The van der Waals surface area contributed by atoms with E-state index in [0.29, 0.717) is 35.1 Å². The van der Waals surface area contributed by atoms with Gasteiger partial charge in [0.25, 0.3) is 5.91 Å². The highest BCUT2D eigenvalue weighted by atomic mass is 79.9. The van der Waals surface area contributed by atoms with Crippen LogP contribution in [-0.4, -0.2) is 28.6 Å². The molecule has 0 radical (unpaired) electrons. The van der Waals surface area contributed by atoms with Crippen LogP contribution in [0.15, 0.2) is 63.6 Å². The van der Waals surface area contributed by atoms with E-state index in [4.69, 9.17) is 21.1 Å². The van der Waals surface area contributed by atoms with Crippen molar-refractivity contribution in [2.45, 2.75) is 18.9 Å². The van der Waals surface area contributed by atoms with E-state index >= 15 is 0 Å². The lowest BCUT2D eigenvalue weighted by Gasteiger charge is -2.16. The molecule has 3 aromatic rings. The minimum atomic E-state index is -1.09. The number of hydrogen-bond donors (Lipinski definition) is 3. The number of halogens is 2. The lowest BCUT2D eigenvalue weighted by atomic mass is 10.1. The number of carboxylic acid groups (broad SMARTS) is 1. The molecule has 0 fully saturated rings. The number of nitrogens with zero attached hydrogens (tertiary/aromatic N) is 1. The molecule has 0 saturated carbocycles. The summed E-state index contributed by atoms with van der Waals surface area (Å²) in [5, 5.41) is 14.6. The van der Waals surface area contributed by atoms with Gasteiger partial charge in [-0.05, 0) is 55.3 Å². The van der Waals surface area contributed by atoms with Crippen molar-refractivity contribution in [3.05, 3.63) is 75.7 Å². The molecule has 2 aromatic carbocycles. The van der Waals surface area contributed by atoms with Gasteiger partial charge in [-0.25, -0.2) is 9.78 Å². The Hall–Kier alpha value is -2.84. The van der Waals surface area contributed by atoms with Crippen molar-refractivity contribution in [1.29, 1.82) is 0 Å². The third kappa shape index (κ3) is 6.08. The molecule has 0 aliphatic rings. The summed E-state index contributed by atoms with van der Waals surface area (Å²) in [4.78, 5) is 27.7. The largest absolute Gasteiger partial charge is 0.465 e. The number of aromatic nitrogens is 1. The van der Waals surface area contributed by atoms with Gasteiger partial charge < -0.3 is 20.2 Å². The first kappa shape index (κ1) is 21.9. The van der Waals surface area contributed by atoms with Crippen molar-refractivity contribution in [3.63, 3.8) is 0 Å². The van der Waals surface area contributed by atoms with Gasteiger partial charge >= 0.3 is 6.09 Å². The monoisotopic (exact) mass is 491 g/mol. The lowest BCUT2D eigenvalue weighted by molar-refractivity contribution is 0.0927. The topological polar surface area (TPSA) is 104 Å². The van der Waals surface area contributed by atoms with E-state index in [0.717, 1.165) is 10.0 Å². The van der Waals surface area contributed by atoms with E-state index in [-0.39, 0.29) is 12.5 Å². The van der Waals surface area contributed by atoms with Gasteiger partial charge in [-0.2, -0.15) is 0 Å². The first-order chi connectivity index (χ1) is 14.4. The van der Waals surface area contributed by atoms with Crippen molar-refractivity contribution < 1.29 is 19.1 Å². The maximum absolute atomic E-state index is 12.7. The summed E-state index contributed by atoms with van der Waals surface area (Å²) in [6, 6.07) is 13.6. The molecule has 0 spiro atoms. The third-order valence-electron chi connectivity index (χ3n) is 4.29. The van der Waals surface area contributed by atoms with Crippen LogP contribution in [0.2, 0.25) is 5.02 Å². The molecule has 9 heteroatoms. The molecular formula is C21H19BrClN3O4. The molecule has 0 aliphatic heterocycles. The highest BCUT2D eigenvalue weighted by Crippen LogP contribution is 2.26. The Kier molecular flexibility index (Phi) is 7.48. The smallest absolute Gasteiger partial charge is 0.404 e. The average Bonchev–Trinajstić information content (AvgIpc) is 3.20. The molecular weight excluding hydrogens is 474 g/mol. The van der Waals surface area contributed by atoms with E-state index in [9.17, 15) is 9.59 Å². The maximum atomic E-state index is 12.7. The lowest BCUT2D eigenvalue weighted by Crippen LogP contribution is -2.30. The van der Waals surface area contributed by atoms with Crippen LogP contribution in [0.4, 0.5) is 4.79 Å². The van der Waals surface area contributed by atoms with Crippen molar-refractivity contribution in [2.24, 2.45) is 0 Å². The molecule has 0 bridgehead atoms. The van der Waals surface area contributed by atoms with Gasteiger partial charge in [-0.1, -0.05) is 33.6 Å². The molecule has 0 saturated heterocycles. The molecule has 3 N–H and O–H groups in total. The predicted octanol–water partition coefficient (Wildman–Crippen LogP) is 5.28. The van der Waals surface area contributed by atoms with Gasteiger partial charge in [0.2, 0.25) is 5.89 Å². The summed E-state index contributed by atoms with van der Waals surface area (Å²) >= 11 is 9.29. The van der Waals surface area contributed by atoms with E-state index in [2.05, 4.69) is 31.5 Å². The SMILES string of the molecule is O=C(O)NCCCC(NC(=O)c1cccc(Br)c1)c1ncc(-c2ccc(Cl)cc2)o1. The standard InChI is InChI=1S/C21H19BrClN3O4/c22-15-4-1-3-14(11-15)19(27)26-17(5-2-10-24-21(28)29)20-25-12-18(30-20)13-6-8-16(23)9-7-13/h1,3-4,6-9,11-12,17,24H,2,5,10H2,(H,26,27)(H,28,29). The summed E-state index contributed by atoms with van der Waals surface area (Å²) in [5.74, 6) is 0.615. The fourth-order valence-electron chi connectivity index (χ4n) is 2.83. The molecule has 7 nitrogen and oxygen atoms in total. The van der Waals surface area contributed by atoms with Crippen molar-refractivity contribution in [1.82, 2.24) is 15.6 Å². The van der Waals surface area contributed by atoms with Crippen molar-refractivity contribution in [3.8, 4) is 11.3 Å². The molecule has 2 amide bonds. The second-order valence-electron chi connectivity index (χ2n) is 6.48. The number of benzene rings is 2. The van der Waals surface area contributed by atoms with Crippen LogP contribution in [0, 0.1) is 0 Å². The van der Waals surface area contributed by atoms with E-state index in [1.807, 2.05) is 18.2 Å². The number of nitrogens with one attached hydrogen (secondary N) is 2. The Morgan fingerprint density at radius 2 is 1.97 bits per heavy atom.